The highest BCUT2D eigenvalue weighted by Gasteiger charge is 2.34. The lowest BCUT2D eigenvalue weighted by Gasteiger charge is -2.18. The van der Waals surface area contributed by atoms with E-state index in [1.807, 2.05) is 6.20 Å². The Morgan fingerprint density at radius 3 is 2.60 bits per heavy atom. The smallest absolute Gasteiger partial charge is 0.141 e. The molecule has 2 saturated heterocycles. The van der Waals surface area contributed by atoms with Crippen molar-refractivity contribution in [3.63, 3.8) is 0 Å². The third kappa shape index (κ3) is 4.83. The van der Waals surface area contributed by atoms with Gasteiger partial charge in [0.25, 0.3) is 0 Å². The van der Waals surface area contributed by atoms with Crippen LogP contribution >= 0.6 is 0 Å². The predicted molar refractivity (Wildman–Crippen MR) is 94.9 cm³/mol. The van der Waals surface area contributed by atoms with Crippen LogP contribution in [0.3, 0.4) is 0 Å². The van der Waals surface area contributed by atoms with Gasteiger partial charge in [-0.05, 0) is 12.8 Å². The van der Waals surface area contributed by atoms with Gasteiger partial charge in [-0.2, -0.15) is 0 Å². The molecule has 0 bridgehead atoms. The molecule has 1 aromatic rings. The van der Waals surface area contributed by atoms with E-state index in [2.05, 4.69) is 26.0 Å². The highest BCUT2D eigenvalue weighted by molar-refractivity contribution is 6.11. The quantitative estimate of drug-likeness (QED) is 0.518. The van der Waals surface area contributed by atoms with Crippen molar-refractivity contribution in [3.05, 3.63) is 11.9 Å². The van der Waals surface area contributed by atoms with E-state index < -0.39 is 0 Å². The monoisotopic (exact) mass is 351 g/mol. The van der Waals surface area contributed by atoms with Crippen LogP contribution in [0.5, 0.6) is 0 Å². The van der Waals surface area contributed by atoms with Gasteiger partial charge in [0.2, 0.25) is 0 Å². The SMILES string of the molecule is B[C@H]1C[C@@H](OC)[C@@H](Cc2cn(CO[C@@H]3C[C@H](B)O[C@@H]3COC)nn2)O1. The molecule has 138 valence electrons. The molecular weight excluding hydrogens is 324 g/mol. The number of nitrogens with zero attached hydrogens (tertiary/aromatic N) is 3. The van der Waals surface area contributed by atoms with Crippen molar-refractivity contribution in [2.45, 2.75) is 62.4 Å². The zero-order chi connectivity index (χ0) is 17.8. The second-order valence-electron chi connectivity index (χ2n) is 6.96. The first-order valence-electron chi connectivity index (χ1n) is 8.92. The number of ether oxygens (including phenoxy) is 5. The second kappa shape index (κ2) is 8.64. The molecule has 0 radical (unpaired) electrons. The summed E-state index contributed by atoms with van der Waals surface area (Å²) in [5, 5.41) is 8.38. The van der Waals surface area contributed by atoms with Gasteiger partial charge in [-0.1, -0.05) is 5.21 Å². The Bertz CT molecular complexity index is 549. The normalized spacial score (nSPS) is 35.4. The Morgan fingerprint density at radius 1 is 1.16 bits per heavy atom. The summed E-state index contributed by atoms with van der Waals surface area (Å²) in [5.41, 5.74) is 0.884. The van der Waals surface area contributed by atoms with E-state index in [0.717, 1.165) is 18.5 Å². The number of hydrogen-bond acceptors (Lipinski definition) is 7. The van der Waals surface area contributed by atoms with Crippen LogP contribution in [0, 0.1) is 0 Å². The van der Waals surface area contributed by atoms with Gasteiger partial charge in [-0.3, -0.25) is 0 Å². The molecule has 6 atom stereocenters. The molecule has 0 amide bonds. The molecule has 2 fully saturated rings. The Balaban J connectivity index is 1.50. The zero-order valence-electron chi connectivity index (χ0n) is 15.5. The van der Waals surface area contributed by atoms with Crippen molar-refractivity contribution in [1.82, 2.24) is 15.0 Å². The van der Waals surface area contributed by atoms with E-state index in [4.69, 9.17) is 23.7 Å². The van der Waals surface area contributed by atoms with Crippen LogP contribution in [0.1, 0.15) is 18.5 Å². The Morgan fingerprint density at radius 2 is 1.88 bits per heavy atom. The molecule has 1 aromatic heterocycles. The molecule has 0 saturated carbocycles. The van der Waals surface area contributed by atoms with Gasteiger partial charge in [0.1, 0.15) is 28.5 Å². The van der Waals surface area contributed by atoms with Gasteiger partial charge in [0.05, 0.1) is 36.8 Å². The van der Waals surface area contributed by atoms with E-state index in [0.29, 0.717) is 19.8 Å². The number of methoxy groups -OCH3 is 2. The average molecular weight is 351 g/mol. The summed E-state index contributed by atoms with van der Waals surface area (Å²) in [6.07, 6.45) is 4.50. The molecule has 8 nitrogen and oxygen atoms in total. The highest BCUT2D eigenvalue weighted by atomic mass is 16.6. The first-order chi connectivity index (χ1) is 12.1. The third-order valence-electron chi connectivity index (χ3n) is 4.82. The van der Waals surface area contributed by atoms with Crippen molar-refractivity contribution in [3.8, 4) is 0 Å². The standard InChI is InChI=1S/C15H27B2N3O5/c1-21-7-13-11(5-15(17)25-13)23-8-20-6-9(18-19-20)3-12-10(22-2)4-14(16)24-12/h6,10-15H,3-5,7-8,16-17H2,1-2H3/t10-,11-,12-,13-,14-,15-/m1/s1. The lowest BCUT2D eigenvalue weighted by atomic mass is 9.95. The number of hydrogen-bond donors (Lipinski definition) is 0. The first kappa shape index (κ1) is 18.8. The number of rotatable bonds is 8. The Hall–Kier alpha value is -0.930. The molecular formula is C15H27B2N3O5. The van der Waals surface area contributed by atoms with Gasteiger partial charge in [0.15, 0.2) is 0 Å². The summed E-state index contributed by atoms with van der Waals surface area (Å²) < 4.78 is 30.1. The van der Waals surface area contributed by atoms with Crippen LogP contribution in [0.4, 0.5) is 0 Å². The van der Waals surface area contributed by atoms with E-state index in [9.17, 15) is 0 Å². The fraction of sp³-hybridized carbons (Fsp3) is 0.867. The molecule has 0 aliphatic carbocycles. The fourth-order valence-electron chi connectivity index (χ4n) is 3.63. The van der Waals surface area contributed by atoms with E-state index >= 15 is 0 Å². The average Bonchev–Trinajstić information content (AvgIpc) is 3.26. The Labute approximate surface area is 150 Å². The van der Waals surface area contributed by atoms with Crippen LogP contribution < -0.4 is 0 Å². The molecule has 10 heteroatoms. The summed E-state index contributed by atoms with van der Waals surface area (Å²) in [7, 11) is 7.52. The van der Waals surface area contributed by atoms with Gasteiger partial charge >= 0.3 is 0 Å². The number of aromatic nitrogens is 3. The summed E-state index contributed by atoms with van der Waals surface area (Å²) in [6, 6.07) is 0.402. The van der Waals surface area contributed by atoms with Crippen molar-refractivity contribution >= 4 is 15.7 Å². The van der Waals surface area contributed by atoms with Crippen LogP contribution in [0.25, 0.3) is 0 Å². The van der Waals surface area contributed by atoms with Crippen LogP contribution in [0.2, 0.25) is 0 Å². The van der Waals surface area contributed by atoms with Crippen molar-refractivity contribution in [2.75, 3.05) is 20.8 Å². The second-order valence-corrected chi connectivity index (χ2v) is 6.96. The largest absolute Gasteiger partial charge is 0.382 e. The molecule has 25 heavy (non-hydrogen) atoms. The van der Waals surface area contributed by atoms with Crippen LogP contribution in [-0.2, 0) is 36.8 Å². The summed E-state index contributed by atoms with van der Waals surface area (Å²) in [5.74, 6) is 0. The molecule has 0 aromatic carbocycles. The topological polar surface area (TPSA) is 76.9 Å². The zero-order valence-corrected chi connectivity index (χ0v) is 15.5. The third-order valence-corrected chi connectivity index (χ3v) is 4.82. The van der Waals surface area contributed by atoms with Crippen molar-refractivity contribution in [2.24, 2.45) is 0 Å². The molecule has 0 unspecified atom stereocenters. The molecule has 3 heterocycles. The van der Waals surface area contributed by atoms with Crippen molar-refractivity contribution < 1.29 is 23.7 Å². The van der Waals surface area contributed by atoms with Crippen molar-refractivity contribution in [1.29, 1.82) is 0 Å². The molecule has 2 aliphatic heterocycles. The minimum Gasteiger partial charge on any atom is -0.382 e. The predicted octanol–water partition coefficient (Wildman–Crippen LogP) is -1.68. The molecule has 2 aliphatic rings. The minimum absolute atomic E-state index is 0.0134. The van der Waals surface area contributed by atoms with Gasteiger partial charge in [-0.25, -0.2) is 4.68 Å². The lowest BCUT2D eigenvalue weighted by Crippen LogP contribution is -2.29. The van der Waals surface area contributed by atoms with E-state index in [-0.39, 0.29) is 36.4 Å². The highest BCUT2D eigenvalue weighted by Crippen LogP contribution is 2.24. The summed E-state index contributed by atoms with van der Waals surface area (Å²) in [4.78, 5) is 0. The summed E-state index contributed by atoms with van der Waals surface area (Å²) in [6.45, 7) is 0.886. The first-order valence-corrected chi connectivity index (χ1v) is 8.92. The van der Waals surface area contributed by atoms with Crippen LogP contribution in [0.15, 0.2) is 6.20 Å². The van der Waals surface area contributed by atoms with Gasteiger partial charge in [-0.15, -0.1) is 5.10 Å². The fourth-order valence-corrected chi connectivity index (χ4v) is 3.63. The van der Waals surface area contributed by atoms with Gasteiger partial charge in [0, 0.05) is 32.6 Å². The Kier molecular flexibility index (Phi) is 6.51. The maximum atomic E-state index is 5.97. The lowest BCUT2D eigenvalue weighted by molar-refractivity contribution is -0.0679. The van der Waals surface area contributed by atoms with E-state index in [1.54, 1.807) is 18.9 Å². The van der Waals surface area contributed by atoms with E-state index in [1.165, 1.54) is 0 Å². The van der Waals surface area contributed by atoms with Gasteiger partial charge < -0.3 is 23.7 Å². The maximum Gasteiger partial charge on any atom is 0.141 e. The minimum atomic E-state index is -0.0289. The van der Waals surface area contributed by atoms with Crippen LogP contribution in [-0.4, -0.2) is 87.9 Å². The maximum absolute atomic E-state index is 5.97. The molecule has 0 spiro atoms. The molecule has 0 N–H and O–H groups in total. The molecule has 3 rings (SSSR count). The summed E-state index contributed by atoms with van der Waals surface area (Å²) >= 11 is 0.